The number of hydrogen-bond donors (Lipinski definition) is 0. The van der Waals surface area contributed by atoms with Crippen molar-refractivity contribution in [3.8, 4) is 0 Å². The fourth-order valence-electron chi connectivity index (χ4n) is 2.56. The number of nitrogens with zero attached hydrogens (tertiary/aromatic N) is 2. The van der Waals surface area contributed by atoms with Crippen LogP contribution in [0.1, 0.15) is 33.6 Å². The quantitative estimate of drug-likeness (QED) is 0.537. The molecule has 2 saturated heterocycles. The summed E-state index contributed by atoms with van der Waals surface area (Å²) in [5, 5.41) is 4.29. The van der Waals surface area contributed by atoms with Crippen LogP contribution in [0, 0.1) is 0 Å². The van der Waals surface area contributed by atoms with Crippen molar-refractivity contribution in [2.24, 2.45) is 0 Å². The molecule has 2 aliphatic heterocycles. The summed E-state index contributed by atoms with van der Waals surface area (Å²) >= 11 is 0. The van der Waals surface area contributed by atoms with Crippen LogP contribution in [0.25, 0.3) is 5.32 Å². The largest absolute Gasteiger partial charge is 0.658 e. The Balaban J connectivity index is 0.00000162. The average Bonchev–Trinajstić information content (AvgIpc) is 2.44. The van der Waals surface area contributed by atoms with Crippen molar-refractivity contribution >= 4 is 12.4 Å². The van der Waals surface area contributed by atoms with E-state index in [1.807, 2.05) is 20.8 Å². The summed E-state index contributed by atoms with van der Waals surface area (Å²) in [5.74, 6) is 0. The molecule has 0 aliphatic carbocycles. The molecule has 5 nitrogen and oxygen atoms in total. The number of carbonyl (C=O) groups excluding carboxylic acids is 2. The van der Waals surface area contributed by atoms with Crippen molar-refractivity contribution in [2.75, 3.05) is 13.1 Å². The van der Waals surface area contributed by atoms with Crippen LogP contribution in [0.2, 0.25) is 0 Å². The van der Waals surface area contributed by atoms with Crippen molar-refractivity contribution in [1.29, 1.82) is 0 Å². The van der Waals surface area contributed by atoms with Crippen molar-refractivity contribution in [3.05, 3.63) is 5.32 Å². The molecule has 0 aromatic heterocycles. The van der Waals surface area contributed by atoms with Gasteiger partial charge in [-0.2, -0.15) is 0 Å². The molecule has 6 heteroatoms. The van der Waals surface area contributed by atoms with E-state index in [4.69, 9.17) is 4.74 Å². The van der Waals surface area contributed by atoms with Crippen molar-refractivity contribution in [3.63, 3.8) is 0 Å². The molecule has 0 radical (unpaired) electrons. The second-order valence-corrected chi connectivity index (χ2v) is 5.83. The zero-order valence-electron chi connectivity index (χ0n) is 10.9. The van der Waals surface area contributed by atoms with E-state index in [2.05, 4.69) is 5.32 Å². The van der Waals surface area contributed by atoms with Gasteiger partial charge in [0, 0.05) is 26.5 Å². The first kappa shape index (κ1) is 15.6. The second-order valence-electron chi connectivity index (χ2n) is 5.83. The summed E-state index contributed by atoms with van der Waals surface area (Å²) in [6.45, 7) is 6.51. The second kappa shape index (κ2) is 5.28. The molecule has 2 aliphatic rings. The summed E-state index contributed by atoms with van der Waals surface area (Å²) in [6, 6.07) is 0.0313. The number of fused-ring (bicyclic) bond motifs is 2. The van der Waals surface area contributed by atoms with Crippen LogP contribution in [0.15, 0.2) is 0 Å². The van der Waals surface area contributed by atoms with Gasteiger partial charge in [0.1, 0.15) is 11.9 Å². The van der Waals surface area contributed by atoms with E-state index in [-0.39, 0.29) is 32.6 Å². The fraction of sp³-hybridized carbons (Fsp3) is 0.833. The number of aldehydes is 1. The fourth-order valence-corrected chi connectivity index (χ4v) is 2.56. The molecule has 0 N–H and O–H groups in total. The topological polar surface area (TPSA) is 60.7 Å². The van der Waals surface area contributed by atoms with Crippen LogP contribution in [-0.2, 0) is 30.0 Å². The molecular weight excluding hydrogens is 327 g/mol. The van der Waals surface area contributed by atoms with Crippen LogP contribution in [0.5, 0.6) is 0 Å². The normalized spacial score (nSPS) is 30.6. The number of hydrogen-bond acceptors (Lipinski definition) is 3. The van der Waals surface area contributed by atoms with Gasteiger partial charge in [0.15, 0.2) is 0 Å². The van der Waals surface area contributed by atoms with E-state index in [0.717, 1.165) is 12.7 Å². The minimum Gasteiger partial charge on any atom is -0.658 e. The van der Waals surface area contributed by atoms with Crippen LogP contribution >= 0.6 is 0 Å². The van der Waals surface area contributed by atoms with Crippen molar-refractivity contribution in [1.82, 2.24) is 4.90 Å². The molecule has 18 heavy (non-hydrogen) atoms. The van der Waals surface area contributed by atoms with Crippen molar-refractivity contribution in [2.45, 2.75) is 50.8 Å². The van der Waals surface area contributed by atoms with E-state index in [0.29, 0.717) is 19.5 Å². The molecule has 2 bridgehead atoms. The van der Waals surface area contributed by atoms with Gasteiger partial charge in [-0.3, -0.25) is 4.90 Å². The Bertz CT molecular complexity index is 339. The molecule has 1 amide bonds. The van der Waals surface area contributed by atoms with Gasteiger partial charge in [-0.15, -0.1) is 13.1 Å². The maximum Gasteiger partial charge on any atom is 0.411 e. The van der Waals surface area contributed by atoms with Crippen LogP contribution in [0.4, 0.5) is 4.79 Å². The van der Waals surface area contributed by atoms with E-state index in [1.54, 1.807) is 4.90 Å². The van der Waals surface area contributed by atoms with Gasteiger partial charge in [-0.25, -0.2) is 4.79 Å². The zero-order chi connectivity index (χ0) is 12.7. The maximum atomic E-state index is 12.1. The molecule has 2 unspecified atom stereocenters. The molecule has 106 valence electrons. The van der Waals surface area contributed by atoms with E-state index in [1.165, 1.54) is 0 Å². The molecular formula is C12H19N2O3Pd-. The Morgan fingerprint density at radius 1 is 1.50 bits per heavy atom. The number of amides is 1. The number of ether oxygens (including phenoxy) is 1. The zero-order valence-corrected chi connectivity index (χ0v) is 12.5. The summed E-state index contributed by atoms with van der Waals surface area (Å²) < 4.78 is 5.37. The molecule has 2 heterocycles. The van der Waals surface area contributed by atoms with Gasteiger partial charge in [-0.05, 0) is 33.6 Å². The van der Waals surface area contributed by atoms with E-state index >= 15 is 0 Å². The van der Waals surface area contributed by atoms with Crippen LogP contribution < -0.4 is 0 Å². The third-order valence-corrected chi connectivity index (χ3v) is 3.29. The molecule has 2 rings (SSSR count). The Kier molecular flexibility index (Phi) is 4.58. The number of piperazine rings is 1. The van der Waals surface area contributed by atoms with Gasteiger partial charge < -0.3 is 14.8 Å². The first-order chi connectivity index (χ1) is 7.88. The summed E-state index contributed by atoms with van der Waals surface area (Å²) in [6.07, 6.45) is 2.01. The monoisotopic (exact) mass is 345 g/mol. The number of carbonyl (C=O) groups is 2. The van der Waals surface area contributed by atoms with Gasteiger partial charge in [-0.1, -0.05) is 0 Å². The maximum absolute atomic E-state index is 12.1. The summed E-state index contributed by atoms with van der Waals surface area (Å²) in [7, 11) is 0. The SMILES string of the molecule is CC(C)(C)OC(=O)N1C2CCC1(C=O)C[N-]C2.[Pd]. The Labute approximate surface area is 121 Å². The first-order valence-electron chi connectivity index (χ1n) is 6.00. The molecule has 0 aromatic carbocycles. The molecule has 2 atom stereocenters. The van der Waals surface area contributed by atoms with Gasteiger partial charge >= 0.3 is 6.09 Å². The van der Waals surface area contributed by atoms with Gasteiger partial charge in [0.2, 0.25) is 0 Å². The minimum absolute atomic E-state index is 0. The van der Waals surface area contributed by atoms with Gasteiger partial charge in [0.05, 0.1) is 5.54 Å². The summed E-state index contributed by atoms with van der Waals surface area (Å²) in [4.78, 5) is 25.1. The predicted octanol–water partition coefficient (Wildman–Crippen LogP) is 1.71. The smallest absolute Gasteiger partial charge is 0.411 e. The predicted molar refractivity (Wildman–Crippen MR) is 63.0 cm³/mol. The third-order valence-electron chi connectivity index (χ3n) is 3.29. The minimum atomic E-state index is -0.745. The first-order valence-corrected chi connectivity index (χ1v) is 6.00. The molecule has 2 fully saturated rings. The van der Waals surface area contributed by atoms with E-state index in [9.17, 15) is 9.59 Å². The van der Waals surface area contributed by atoms with Crippen molar-refractivity contribution < 1.29 is 34.7 Å². The average molecular weight is 346 g/mol. The Morgan fingerprint density at radius 3 is 2.72 bits per heavy atom. The Morgan fingerprint density at radius 2 is 2.17 bits per heavy atom. The van der Waals surface area contributed by atoms with Crippen LogP contribution in [0.3, 0.4) is 0 Å². The van der Waals surface area contributed by atoms with E-state index < -0.39 is 11.1 Å². The third kappa shape index (κ3) is 2.76. The molecule has 0 aromatic rings. The number of rotatable bonds is 1. The summed E-state index contributed by atoms with van der Waals surface area (Å²) in [5.41, 5.74) is -1.28. The molecule has 0 saturated carbocycles. The van der Waals surface area contributed by atoms with Gasteiger partial charge in [0.25, 0.3) is 0 Å². The van der Waals surface area contributed by atoms with Crippen LogP contribution in [-0.4, -0.2) is 47.6 Å². The standard InChI is InChI=1S/C12H19N2O3.Pd/c1-11(2,3)17-10(16)14-9-4-5-12(14,8-15)7-13-6-9;/h8-9H,4-7H2,1-3H3;/q-1;. The Hall–Kier alpha value is -0.438. The molecule has 0 spiro atoms.